The topological polar surface area (TPSA) is 123 Å². The van der Waals surface area contributed by atoms with Crippen molar-refractivity contribution in [1.29, 1.82) is 0 Å². The highest BCUT2D eigenvalue weighted by molar-refractivity contribution is 5.86. The van der Waals surface area contributed by atoms with Gasteiger partial charge in [-0.15, -0.1) is 0 Å². The number of carbonyl (C=O) groups is 4. The first kappa shape index (κ1) is 24.5. The first-order valence-corrected chi connectivity index (χ1v) is 8.44. The Kier molecular flexibility index (Phi) is 9.05. The summed E-state index contributed by atoms with van der Waals surface area (Å²) in [6.45, 7) is 9.24. The van der Waals surface area contributed by atoms with Crippen molar-refractivity contribution in [3.63, 3.8) is 0 Å². The van der Waals surface area contributed by atoms with Crippen molar-refractivity contribution in [2.24, 2.45) is 0 Å². The first-order chi connectivity index (χ1) is 12.1. The molecule has 3 amide bonds. The predicted octanol–water partition coefficient (Wildman–Crippen LogP) is 1.04. The number of esters is 1. The zero-order valence-corrected chi connectivity index (χ0v) is 17.3. The van der Waals surface area contributed by atoms with E-state index in [1.165, 1.54) is 19.0 Å². The van der Waals surface area contributed by atoms with Gasteiger partial charge in [-0.2, -0.15) is 0 Å². The van der Waals surface area contributed by atoms with Crippen LogP contribution in [0.15, 0.2) is 0 Å². The van der Waals surface area contributed by atoms with Crippen LogP contribution in [-0.2, 0) is 23.8 Å². The average Bonchev–Trinajstić information content (AvgIpc) is 2.44. The largest absolute Gasteiger partial charge is 0.462 e. The minimum absolute atomic E-state index is 0.412. The number of rotatable bonds is 6. The van der Waals surface area contributed by atoms with Crippen molar-refractivity contribution < 1.29 is 33.4 Å². The Balaban J connectivity index is 4.63. The van der Waals surface area contributed by atoms with Gasteiger partial charge < -0.3 is 29.7 Å². The molecule has 0 saturated carbocycles. The number of ether oxygens (including phenoxy) is 3. The van der Waals surface area contributed by atoms with Crippen LogP contribution in [0.1, 0.15) is 41.5 Å². The maximum Gasteiger partial charge on any atom is 0.408 e. The van der Waals surface area contributed by atoms with Crippen LogP contribution in [0.5, 0.6) is 0 Å². The fourth-order valence-corrected chi connectivity index (χ4v) is 1.62. The summed E-state index contributed by atoms with van der Waals surface area (Å²) in [6, 6.07) is -1.12. The summed E-state index contributed by atoms with van der Waals surface area (Å²) >= 11 is 0. The number of hydrogen-bond acceptors (Lipinski definition) is 7. The number of nitrogens with one attached hydrogen (secondary N) is 2. The molecule has 0 aromatic rings. The second-order valence-corrected chi connectivity index (χ2v) is 7.97. The summed E-state index contributed by atoms with van der Waals surface area (Å²) < 4.78 is 15.0. The second-order valence-electron chi connectivity index (χ2n) is 7.97. The Labute approximate surface area is 159 Å². The standard InChI is InChI=1S/C17H31N3O7/c1-16(2,3)26-14(23)18-9-12(21)25-10-11(13(22)20(7)8)19-15(24)27-17(4,5)6/h11H,9-10H2,1-8H3,(H,18,23)(H,19,24)/t11-/m0/s1. The third-order valence-electron chi connectivity index (χ3n) is 2.62. The molecule has 0 aromatic carbocycles. The smallest absolute Gasteiger partial charge is 0.408 e. The molecule has 0 heterocycles. The van der Waals surface area contributed by atoms with Crippen molar-refractivity contribution in [2.45, 2.75) is 58.8 Å². The fourth-order valence-electron chi connectivity index (χ4n) is 1.62. The van der Waals surface area contributed by atoms with E-state index in [2.05, 4.69) is 10.6 Å². The highest BCUT2D eigenvalue weighted by Gasteiger charge is 2.27. The molecule has 1 atom stereocenters. The summed E-state index contributed by atoms with van der Waals surface area (Å²) in [4.78, 5) is 48.5. The molecule has 0 aliphatic rings. The molecule has 0 saturated heterocycles. The van der Waals surface area contributed by atoms with E-state index < -0.39 is 54.5 Å². The molecule has 0 unspecified atom stereocenters. The first-order valence-electron chi connectivity index (χ1n) is 8.44. The van der Waals surface area contributed by atoms with E-state index in [9.17, 15) is 19.2 Å². The normalized spacial score (nSPS) is 12.4. The Morgan fingerprint density at radius 2 is 1.37 bits per heavy atom. The average molecular weight is 389 g/mol. The SMILES string of the molecule is CN(C)C(=O)[C@H](COC(=O)CNC(=O)OC(C)(C)C)NC(=O)OC(C)(C)C. The molecule has 0 spiro atoms. The molecule has 156 valence electrons. The van der Waals surface area contributed by atoms with E-state index in [-0.39, 0.29) is 0 Å². The van der Waals surface area contributed by atoms with Gasteiger partial charge in [0.05, 0.1) is 0 Å². The molecular weight excluding hydrogens is 358 g/mol. The molecule has 10 nitrogen and oxygen atoms in total. The van der Waals surface area contributed by atoms with Gasteiger partial charge in [-0.3, -0.25) is 9.59 Å². The van der Waals surface area contributed by atoms with Gasteiger partial charge >= 0.3 is 18.2 Å². The Bertz CT molecular complexity index is 548. The lowest BCUT2D eigenvalue weighted by Gasteiger charge is -2.24. The summed E-state index contributed by atoms with van der Waals surface area (Å²) in [5.74, 6) is -1.27. The molecule has 0 radical (unpaired) electrons. The van der Waals surface area contributed by atoms with Gasteiger partial charge in [0.25, 0.3) is 0 Å². The number of likely N-dealkylation sites (N-methyl/N-ethyl adjacent to an activating group) is 1. The molecule has 0 bridgehead atoms. The number of alkyl carbamates (subject to hydrolysis) is 2. The van der Waals surface area contributed by atoms with E-state index in [4.69, 9.17) is 14.2 Å². The molecule has 0 aromatic heterocycles. The van der Waals surface area contributed by atoms with Crippen LogP contribution in [0.3, 0.4) is 0 Å². The van der Waals surface area contributed by atoms with Crippen LogP contribution in [-0.4, -0.2) is 73.5 Å². The third-order valence-corrected chi connectivity index (χ3v) is 2.62. The molecule has 2 N–H and O–H groups in total. The van der Waals surface area contributed by atoms with Crippen molar-refractivity contribution >= 4 is 24.1 Å². The molecule has 10 heteroatoms. The highest BCUT2D eigenvalue weighted by Crippen LogP contribution is 2.07. The van der Waals surface area contributed by atoms with E-state index in [1.807, 2.05) is 0 Å². The summed E-state index contributed by atoms with van der Waals surface area (Å²) in [5.41, 5.74) is -1.45. The Morgan fingerprint density at radius 1 is 0.889 bits per heavy atom. The molecule has 0 aliphatic heterocycles. The molecule has 0 fully saturated rings. The van der Waals surface area contributed by atoms with E-state index in [0.29, 0.717) is 0 Å². The molecule has 27 heavy (non-hydrogen) atoms. The van der Waals surface area contributed by atoms with Crippen molar-refractivity contribution in [3.8, 4) is 0 Å². The van der Waals surface area contributed by atoms with Gasteiger partial charge in [0.15, 0.2) is 0 Å². The van der Waals surface area contributed by atoms with Crippen LogP contribution in [0.2, 0.25) is 0 Å². The summed E-state index contributed by atoms with van der Waals surface area (Å²) in [7, 11) is 3.00. The summed E-state index contributed by atoms with van der Waals surface area (Å²) in [6.07, 6.45) is -1.59. The van der Waals surface area contributed by atoms with E-state index in [1.54, 1.807) is 41.5 Å². The maximum absolute atomic E-state index is 12.2. The zero-order valence-electron chi connectivity index (χ0n) is 17.3. The van der Waals surface area contributed by atoms with Crippen LogP contribution >= 0.6 is 0 Å². The highest BCUT2D eigenvalue weighted by atomic mass is 16.6. The zero-order chi connectivity index (χ0) is 21.4. The van der Waals surface area contributed by atoms with Gasteiger partial charge in [0.1, 0.15) is 30.4 Å². The molecule has 0 rings (SSSR count). The van der Waals surface area contributed by atoms with Gasteiger partial charge in [0, 0.05) is 14.1 Å². The summed E-state index contributed by atoms with van der Waals surface area (Å²) in [5, 5.41) is 4.61. The Hall–Kier alpha value is -2.52. The monoisotopic (exact) mass is 389 g/mol. The predicted molar refractivity (Wildman–Crippen MR) is 97.0 cm³/mol. The number of amides is 3. The van der Waals surface area contributed by atoms with Crippen molar-refractivity contribution in [2.75, 3.05) is 27.2 Å². The van der Waals surface area contributed by atoms with Crippen molar-refractivity contribution in [1.82, 2.24) is 15.5 Å². The lowest BCUT2D eigenvalue weighted by atomic mass is 10.2. The van der Waals surface area contributed by atoms with Crippen LogP contribution in [0.4, 0.5) is 9.59 Å². The van der Waals surface area contributed by atoms with Crippen LogP contribution < -0.4 is 10.6 Å². The van der Waals surface area contributed by atoms with Crippen LogP contribution in [0.25, 0.3) is 0 Å². The minimum Gasteiger partial charge on any atom is -0.462 e. The lowest BCUT2D eigenvalue weighted by Crippen LogP contribution is -2.50. The van der Waals surface area contributed by atoms with Crippen LogP contribution in [0, 0.1) is 0 Å². The quantitative estimate of drug-likeness (QED) is 0.514. The lowest BCUT2D eigenvalue weighted by molar-refractivity contribution is -0.145. The minimum atomic E-state index is -1.12. The number of nitrogens with zero attached hydrogens (tertiary/aromatic N) is 1. The fraction of sp³-hybridized carbons (Fsp3) is 0.765. The second kappa shape index (κ2) is 9.98. The van der Waals surface area contributed by atoms with Gasteiger partial charge in [-0.1, -0.05) is 0 Å². The molecule has 0 aliphatic carbocycles. The van der Waals surface area contributed by atoms with E-state index >= 15 is 0 Å². The van der Waals surface area contributed by atoms with Gasteiger partial charge in [-0.05, 0) is 41.5 Å². The Morgan fingerprint density at radius 3 is 1.81 bits per heavy atom. The van der Waals surface area contributed by atoms with Gasteiger partial charge in [0.2, 0.25) is 5.91 Å². The third kappa shape index (κ3) is 12.5. The van der Waals surface area contributed by atoms with E-state index in [0.717, 1.165) is 0 Å². The molecular formula is C17H31N3O7. The maximum atomic E-state index is 12.2. The number of carbonyl (C=O) groups excluding carboxylic acids is 4. The number of hydrogen-bond donors (Lipinski definition) is 2. The van der Waals surface area contributed by atoms with Gasteiger partial charge in [-0.25, -0.2) is 9.59 Å². The van der Waals surface area contributed by atoms with Crippen molar-refractivity contribution in [3.05, 3.63) is 0 Å².